The Morgan fingerprint density at radius 2 is 2.00 bits per heavy atom. The summed E-state index contributed by atoms with van der Waals surface area (Å²) in [6.45, 7) is 0.873. The number of carboxylic acid groups (broad SMARTS) is 1. The zero-order valence-electron chi connectivity index (χ0n) is 10.7. The van der Waals surface area contributed by atoms with Gasteiger partial charge in [0, 0.05) is 5.92 Å². The quantitative estimate of drug-likeness (QED) is 0.769. The number of carboxylic acids is 1. The highest BCUT2D eigenvalue weighted by molar-refractivity contribution is 5.67. The summed E-state index contributed by atoms with van der Waals surface area (Å²) in [5.41, 5.74) is 1.97. The van der Waals surface area contributed by atoms with E-state index in [0.717, 1.165) is 11.1 Å². The fourth-order valence-electron chi connectivity index (χ4n) is 2.32. The largest absolute Gasteiger partial charge is 0.481 e. The normalized spacial score (nSPS) is 22.3. The number of hydrogen-bond acceptors (Lipinski definition) is 3. The Kier molecular flexibility index (Phi) is 4.71. The first-order valence-corrected chi connectivity index (χ1v) is 6.37. The predicted octanol–water partition coefficient (Wildman–Crippen LogP) is 1.99. The van der Waals surface area contributed by atoms with Gasteiger partial charge in [-0.15, -0.1) is 0 Å². The van der Waals surface area contributed by atoms with E-state index in [9.17, 15) is 9.90 Å². The molecule has 1 aliphatic rings. The third kappa shape index (κ3) is 3.91. The maximum atomic E-state index is 10.8. The van der Waals surface area contributed by atoms with Gasteiger partial charge in [-0.2, -0.15) is 0 Å². The Hall–Kier alpha value is -1.65. The molecule has 0 bridgehead atoms. The van der Waals surface area contributed by atoms with Crippen molar-refractivity contribution in [2.24, 2.45) is 5.92 Å². The third-order valence-electron chi connectivity index (χ3n) is 3.34. The summed E-state index contributed by atoms with van der Waals surface area (Å²) in [6.07, 6.45) is 1.78. The summed E-state index contributed by atoms with van der Waals surface area (Å²) in [5, 5.41) is 18.6. The molecular weight excluding hydrogens is 244 g/mol. The maximum absolute atomic E-state index is 10.8. The van der Waals surface area contributed by atoms with Crippen molar-refractivity contribution in [3.05, 3.63) is 47.5 Å². The van der Waals surface area contributed by atoms with Gasteiger partial charge < -0.3 is 14.9 Å². The predicted molar refractivity (Wildman–Crippen MR) is 70.5 cm³/mol. The van der Waals surface area contributed by atoms with Crippen molar-refractivity contribution < 1.29 is 19.7 Å². The molecule has 2 rings (SSSR count). The summed E-state index contributed by atoms with van der Waals surface area (Å²) in [4.78, 5) is 10.8. The topological polar surface area (TPSA) is 66.8 Å². The Labute approximate surface area is 112 Å². The minimum Gasteiger partial charge on any atom is -0.481 e. The van der Waals surface area contributed by atoms with Crippen LogP contribution in [0.15, 0.2) is 42.0 Å². The van der Waals surface area contributed by atoms with E-state index < -0.39 is 12.1 Å². The van der Waals surface area contributed by atoms with Gasteiger partial charge in [0.05, 0.1) is 25.7 Å². The van der Waals surface area contributed by atoms with Gasteiger partial charge in [-0.1, -0.05) is 36.4 Å². The average molecular weight is 262 g/mol. The molecule has 0 amide bonds. The number of aliphatic hydroxyl groups is 1. The molecule has 19 heavy (non-hydrogen) atoms. The lowest BCUT2D eigenvalue weighted by Gasteiger charge is -2.17. The van der Waals surface area contributed by atoms with Crippen molar-refractivity contribution in [2.45, 2.75) is 25.6 Å². The first-order valence-electron chi connectivity index (χ1n) is 6.37. The van der Waals surface area contributed by atoms with Crippen LogP contribution in [0.5, 0.6) is 0 Å². The summed E-state index contributed by atoms with van der Waals surface area (Å²) < 4.78 is 5.59. The van der Waals surface area contributed by atoms with E-state index >= 15 is 0 Å². The van der Waals surface area contributed by atoms with Crippen LogP contribution in [0.2, 0.25) is 0 Å². The number of ether oxygens (including phenoxy) is 1. The van der Waals surface area contributed by atoms with Gasteiger partial charge in [-0.05, 0) is 17.6 Å². The molecule has 1 aromatic rings. The van der Waals surface area contributed by atoms with Crippen LogP contribution in [-0.4, -0.2) is 28.9 Å². The van der Waals surface area contributed by atoms with Gasteiger partial charge >= 0.3 is 5.97 Å². The Bertz CT molecular complexity index is 452. The van der Waals surface area contributed by atoms with E-state index in [2.05, 4.69) is 0 Å². The fourth-order valence-corrected chi connectivity index (χ4v) is 2.32. The van der Waals surface area contributed by atoms with Gasteiger partial charge in [-0.3, -0.25) is 4.79 Å². The molecule has 102 valence electrons. The van der Waals surface area contributed by atoms with Gasteiger partial charge in [0.2, 0.25) is 0 Å². The lowest BCUT2D eigenvalue weighted by molar-refractivity contribution is -0.138. The highest BCUT2D eigenvalue weighted by atomic mass is 16.5. The zero-order valence-corrected chi connectivity index (χ0v) is 10.7. The molecule has 1 aromatic carbocycles. The van der Waals surface area contributed by atoms with Crippen LogP contribution in [0.3, 0.4) is 0 Å². The second kappa shape index (κ2) is 6.50. The van der Waals surface area contributed by atoms with Crippen LogP contribution in [0, 0.1) is 5.92 Å². The van der Waals surface area contributed by atoms with Gasteiger partial charge in [0.15, 0.2) is 0 Å². The van der Waals surface area contributed by atoms with Crippen molar-refractivity contribution in [1.29, 1.82) is 0 Å². The molecular formula is C15H18O4. The Balaban J connectivity index is 1.83. The number of rotatable bonds is 6. The molecule has 0 aromatic heterocycles. The lowest BCUT2D eigenvalue weighted by Crippen LogP contribution is -2.21. The maximum Gasteiger partial charge on any atom is 0.304 e. The summed E-state index contributed by atoms with van der Waals surface area (Å²) in [7, 11) is 0. The molecule has 4 heteroatoms. The second-order valence-corrected chi connectivity index (χ2v) is 4.76. The van der Waals surface area contributed by atoms with E-state index in [-0.39, 0.29) is 12.3 Å². The van der Waals surface area contributed by atoms with E-state index in [1.54, 1.807) is 0 Å². The number of aliphatic hydroxyl groups excluding tert-OH is 1. The molecule has 0 saturated heterocycles. The number of benzene rings is 1. The Morgan fingerprint density at radius 3 is 2.68 bits per heavy atom. The smallest absolute Gasteiger partial charge is 0.304 e. The lowest BCUT2D eigenvalue weighted by atomic mass is 9.96. The van der Waals surface area contributed by atoms with E-state index in [1.165, 1.54) is 0 Å². The van der Waals surface area contributed by atoms with Crippen LogP contribution in [0.25, 0.3) is 0 Å². The van der Waals surface area contributed by atoms with Crippen molar-refractivity contribution in [3.63, 3.8) is 0 Å². The van der Waals surface area contributed by atoms with Crippen LogP contribution >= 0.6 is 0 Å². The molecule has 0 radical (unpaired) electrons. The summed E-state index contributed by atoms with van der Waals surface area (Å²) in [6, 6.07) is 9.80. The number of hydrogen-bond donors (Lipinski definition) is 2. The molecule has 0 heterocycles. The molecule has 0 unspecified atom stereocenters. The van der Waals surface area contributed by atoms with Gasteiger partial charge in [-0.25, -0.2) is 0 Å². The monoisotopic (exact) mass is 262 g/mol. The molecule has 2 N–H and O–H groups in total. The minimum atomic E-state index is -0.889. The van der Waals surface area contributed by atoms with Crippen molar-refractivity contribution in [3.8, 4) is 0 Å². The van der Waals surface area contributed by atoms with E-state index in [4.69, 9.17) is 9.84 Å². The van der Waals surface area contributed by atoms with Crippen LogP contribution in [0.1, 0.15) is 18.4 Å². The number of carbonyl (C=O) groups is 1. The van der Waals surface area contributed by atoms with E-state index in [1.807, 2.05) is 36.4 Å². The van der Waals surface area contributed by atoms with Crippen LogP contribution in [-0.2, 0) is 16.1 Å². The third-order valence-corrected chi connectivity index (χ3v) is 3.34. The van der Waals surface area contributed by atoms with Crippen molar-refractivity contribution in [2.75, 3.05) is 6.61 Å². The SMILES string of the molecule is O=C(O)C[C@H]1C(COCc2ccccc2)=CC[C@H]1O. The van der Waals surface area contributed by atoms with Crippen LogP contribution < -0.4 is 0 Å². The zero-order chi connectivity index (χ0) is 13.7. The van der Waals surface area contributed by atoms with E-state index in [0.29, 0.717) is 19.6 Å². The highest BCUT2D eigenvalue weighted by Gasteiger charge is 2.29. The van der Waals surface area contributed by atoms with Gasteiger partial charge in [0.25, 0.3) is 0 Å². The number of aliphatic carboxylic acids is 1. The first-order chi connectivity index (χ1) is 9.16. The highest BCUT2D eigenvalue weighted by Crippen LogP contribution is 2.29. The van der Waals surface area contributed by atoms with Crippen molar-refractivity contribution >= 4 is 5.97 Å². The molecule has 0 fully saturated rings. The Morgan fingerprint density at radius 1 is 1.26 bits per heavy atom. The molecule has 4 nitrogen and oxygen atoms in total. The molecule has 2 atom stereocenters. The van der Waals surface area contributed by atoms with Crippen LogP contribution in [0.4, 0.5) is 0 Å². The molecule has 0 saturated carbocycles. The molecule has 0 aliphatic heterocycles. The van der Waals surface area contributed by atoms with Crippen molar-refractivity contribution in [1.82, 2.24) is 0 Å². The standard InChI is InChI=1S/C15H18O4/c16-14-7-6-12(13(14)8-15(17)18)10-19-9-11-4-2-1-3-5-11/h1-6,13-14,16H,7-10H2,(H,17,18)/t13-,14+/m0/s1. The molecule has 0 spiro atoms. The second-order valence-electron chi connectivity index (χ2n) is 4.76. The first kappa shape index (κ1) is 13.8. The molecule has 1 aliphatic carbocycles. The summed E-state index contributed by atoms with van der Waals surface area (Å²) in [5.74, 6) is -1.20. The van der Waals surface area contributed by atoms with Gasteiger partial charge in [0.1, 0.15) is 0 Å². The minimum absolute atomic E-state index is 0.0400. The average Bonchev–Trinajstić information content (AvgIpc) is 2.72. The summed E-state index contributed by atoms with van der Waals surface area (Å²) >= 11 is 0. The fraction of sp³-hybridized carbons (Fsp3) is 0.400.